The van der Waals surface area contributed by atoms with Gasteiger partial charge >= 0.3 is 0 Å². The number of hydrogen-bond acceptors (Lipinski definition) is 2. The Morgan fingerprint density at radius 3 is 2.62 bits per heavy atom. The maximum Gasteiger partial charge on any atom is 0.225 e. The van der Waals surface area contributed by atoms with Crippen LogP contribution < -0.4 is 0 Å². The third-order valence-electron chi connectivity index (χ3n) is 1.32. The molecule has 1 atom stereocenters. The van der Waals surface area contributed by atoms with Crippen molar-refractivity contribution in [2.45, 2.75) is 12.5 Å². The Labute approximate surface area is 47.9 Å². The Kier molecular flexibility index (Phi) is 1.21. The number of rotatable bonds is 0. The number of carbonyl (C=O) groups is 1. The van der Waals surface area contributed by atoms with Crippen molar-refractivity contribution in [1.29, 1.82) is 0 Å². The molecule has 0 aromatic heterocycles. The minimum Gasteiger partial charge on any atom is -0.391 e. The third-order valence-corrected chi connectivity index (χ3v) is 1.32. The normalized spacial score (nSPS) is 29.5. The second-order valence-electron chi connectivity index (χ2n) is 2.13. The Morgan fingerprint density at radius 2 is 2.50 bits per heavy atom. The van der Waals surface area contributed by atoms with Crippen LogP contribution in [0.25, 0.3) is 0 Å². The van der Waals surface area contributed by atoms with Gasteiger partial charge in [-0.3, -0.25) is 4.79 Å². The van der Waals surface area contributed by atoms with E-state index in [2.05, 4.69) is 0 Å². The second kappa shape index (κ2) is 1.74. The van der Waals surface area contributed by atoms with Gasteiger partial charge in [0.2, 0.25) is 5.91 Å². The average molecular weight is 115 g/mol. The fourth-order valence-electron chi connectivity index (χ4n) is 0.840. The van der Waals surface area contributed by atoms with Crippen molar-refractivity contribution in [3.05, 3.63) is 0 Å². The van der Waals surface area contributed by atoms with Crippen LogP contribution in [0.4, 0.5) is 0 Å². The summed E-state index contributed by atoms with van der Waals surface area (Å²) in [6, 6.07) is 0. The van der Waals surface area contributed by atoms with Crippen LogP contribution in [0, 0.1) is 0 Å². The topological polar surface area (TPSA) is 40.5 Å². The first-order valence-electron chi connectivity index (χ1n) is 2.62. The van der Waals surface area contributed by atoms with Crippen molar-refractivity contribution in [1.82, 2.24) is 4.90 Å². The van der Waals surface area contributed by atoms with E-state index < -0.39 is 6.10 Å². The number of likely N-dealkylation sites (N-methyl/N-ethyl adjacent to an activating group) is 1. The molecule has 1 fully saturated rings. The SMILES string of the molecule is CN1C[C@H](O)CC1=O. The number of hydrogen-bond donors (Lipinski definition) is 1. The lowest BCUT2D eigenvalue weighted by Crippen LogP contribution is -2.19. The Bertz CT molecular complexity index is 113. The van der Waals surface area contributed by atoms with E-state index in [1.54, 1.807) is 7.05 Å². The van der Waals surface area contributed by atoms with E-state index in [1.807, 2.05) is 0 Å². The molecule has 0 radical (unpaired) electrons. The first kappa shape index (κ1) is 5.56. The van der Waals surface area contributed by atoms with Gasteiger partial charge in [0.15, 0.2) is 0 Å². The van der Waals surface area contributed by atoms with Gasteiger partial charge in [-0.15, -0.1) is 0 Å². The summed E-state index contributed by atoms with van der Waals surface area (Å²) in [6.07, 6.45) is -0.122. The molecule has 3 heteroatoms. The van der Waals surface area contributed by atoms with Crippen molar-refractivity contribution >= 4 is 5.91 Å². The number of carbonyl (C=O) groups excluding carboxylic acids is 1. The summed E-state index contributed by atoms with van der Waals surface area (Å²) in [4.78, 5) is 12.1. The lowest BCUT2D eigenvalue weighted by atomic mass is 10.3. The molecule has 46 valence electrons. The van der Waals surface area contributed by atoms with E-state index in [0.717, 1.165) is 0 Å². The Balaban J connectivity index is 2.51. The molecule has 1 amide bonds. The number of amides is 1. The zero-order valence-electron chi connectivity index (χ0n) is 4.79. The van der Waals surface area contributed by atoms with Crippen LogP contribution in [-0.4, -0.2) is 35.6 Å². The monoisotopic (exact) mass is 115 g/mol. The summed E-state index contributed by atoms with van der Waals surface area (Å²) in [6.45, 7) is 0.499. The summed E-state index contributed by atoms with van der Waals surface area (Å²) in [5, 5.41) is 8.81. The van der Waals surface area contributed by atoms with E-state index in [9.17, 15) is 4.79 Å². The quantitative estimate of drug-likeness (QED) is 0.449. The van der Waals surface area contributed by atoms with Crippen LogP contribution in [0.15, 0.2) is 0 Å². The van der Waals surface area contributed by atoms with Gasteiger partial charge in [-0.25, -0.2) is 0 Å². The molecule has 0 saturated carbocycles. The highest BCUT2D eigenvalue weighted by atomic mass is 16.3. The molecule has 1 rings (SSSR count). The molecule has 0 aliphatic carbocycles. The molecule has 0 aromatic carbocycles. The lowest BCUT2D eigenvalue weighted by Gasteiger charge is -2.04. The van der Waals surface area contributed by atoms with Gasteiger partial charge < -0.3 is 10.0 Å². The first-order chi connectivity index (χ1) is 3.70. The van der Waals surface area contributed by atoms with Crippen molar-refractivity contribution in [2.24, 2.45) is 0 Å². The predicted octanol–water partition coefficient (Wildman–Crippen LogP) is -0.791. The van der Waals surface area contributed by atoms with Crippen LogP contribution in [-0.2, 0) is 4.79 Å². The molecule has 0 spiro atoms. The zero-order chi connectivity index (χ0) is 6.15. The van der Waals surface area contributed by atoms with Crippen LogP contribution >= 0.6 is 0 Å². The summed E-state index contributed by atoms with van der Waals surface area (Å²) < 4.78 is 0. The van der Waals surface area contributed by atoms with Gasteiger partial charge in [0, 0.05) is 13.6 Å². The minimum absolute atomic E-state index is 0.0394. The highest BCUT2D eigenvalue weighted by Gasteiger charge is 2.23. The molecule has 1 heterocycles. The Hall–Kier alpha value is -0.570. The lowest BCUT2D eigenvalue weighted by molar-refractivity contribution is -0.126. The molecular formula is C5H9NO2. The molecule has 1 saturated heterocycles. The molecule has 1 N–H and O–H groups in total. The van der Waals surface area contributed by atoms with Crippen molar-refractivity contribution < 1.29 is 9.90 Å². The van der Waals surface area contributed by atoms with Gasteiger partial charge in [-0.05, 0) is 0 Å². The summed E-state index contributed by atoms with van der Waals surface area (Å²) >= 11 is 0. The van der Waals surface area contributed by atoms with Gasteiger partial charge in [-0.2, -0.15) is 0 Å². The number of aliphatic hydroxyl groups is 1. The molecule has 3 nitrogen and oxygen atoms in total. The molecule has 1 aliphatic rings. The first-order valence-corrected chi connectivity index (χ1v) is 2.62. The number of β-amino-alcohol motifs (C(OH)–C–C–N with tert-alkyl or cyclic N) is 1. The van der Waals surface area contributed by atoms with Gasteiger partial charge in [0.25, 0.3) is 0 Å². The van der Waals surface area contributed by atoms with Crippen molar-refractivity contribution in [3.8, 4) is 0 Å². The van der Waals surface area contributed by atoms with Crippen LogP contribution in [0.3, 0.4) is 0 Å². The number of nitrogens with zero attached hydrogens (tertiary/aromatic N) is 1. The van der Waals surface area contributed by atoms with E-state index >= 15 is 0 Å². The van der Waals surface area contributed by atoms with Crippen molar-refractivity contribution in [2.75, 3.05) is 13.6 Å². The maximum absolute atomic E-state index is 10.6. The standard InChI is InChI=1S/C5H9NO2/c1-6-3-4(7)2-5(6)8/h4,7H,2-3H2,1H3/t4-/m1/s1. The van der Waals surface area contributed by atoms with E-state index in [0.29, 0.717) is 13.0 Å². The fourth-order valence-corrected chi connectivity index (χ4v) is 0.840. The van der Waals surface area contributed by atoms with E-state index in [4.69, 9.17) is 5.11 Å². The van der Waals surface area contributed by atoms with Gasteiger partial charge in [0.1, 0.15) is 0 Å². The average Bonchev–Trinajstić information content (AvgIpc) is 1.85. The third kappa shape index (κ3) is 0.816. The molecule has 8 heavy (non-hydrogen) atoms. The predicted molar refractivity (Wildman–Crippen MR) is 28.3 cm³/mol. The highest BCUT2D eigenvalue weighted by Crippen LogP contribution is 2.06. The zero-order valence-corrected chi connectivity index (χ0v) is 4.79. The Morgan fingerprint density at radius 1 is 1.88 bits per heavy atom. The summed E-state index contributed by atoms with van der Waals surface area (Å²) in [7, 11) is 1.69. The molecule has 0 bridgehead atoms. The van der Waals surface area contributed by atoms with Crippen LogP contribution in [0.2, 0.25) is 0 Å². The highest BCUT2D eigenvalue weighted by molar-refractivity contribution is 5.78. The van der Waals surface area contributed by atoms with E-state index in [-0.39, 0.29) is 5.91 Å². The summed E-state index contributed by atoms with van der Waals surface area (Å²) in [5.41, 5.74) is 0. The number of aliphatic hydroxyl groups excluding tert-OH is 1. The van der Waals surface area contributed by atoms with Gasteiger partial charge in [-0.1, -0.05) is 0 Å². The molecular weight excluding hydrogens is 106 g/mol. The van der Waals surface area contributed by atoms with Crippen LogP contribution in [0.5, 0.6) is 0 Å². The smallest absolute Gasteiger partial charge is 0.225 e. The molecule has 0 unspecified atom stereocenters. The maximum atomic E-state index is 10.6. The molecule has 0 aromatic rings. The summed E-state index contributed by atoms with van der Waals surface area (Å²) in [5.74, 6) is 0.0394. The fraction of sp³-hybridized carbons (Fsp3) is 0.800. The van der Waals surface area contributed by atoms with Crippen LogP contribution in [0.1, 0.15) is 6.42 Å². The minimum atomic E-state index is -0.424. The second-order valence-corrected chi connectivity index (χ2v) is 2.13. The van der Waals surface area contributed by atoms with E-state index in [1.165, 1.54) is 4.90 Å². The largest absolute Gasteiger partial charge is 0.391 e. The van der Waals surface area contributed by atoms with Gasteiger partial charge in [0.05, 0.1) is 12.5 Å². The van der Waals surface area contributed by atoms with Crippen molar-refractivity contribution in [3.63, 3.8) is 0 Å². The molecule has 1 aliphatic heterocycles. The number of likely N-dealkylation sites (tertiary alicyclic amines) is 1.